The Balaban J connectivity index is 1.51. The highest BCUT2D eigenvalue weighted by Crippen LogP contribution is 2.29. The Kier molecular flexibility index (Phi) is 5.85. The van der Waals surface area contributed by atoms with Crippen LogP contribution in [-0.4, -0.2) is 58.6 Å². The van der Waals surface area contributed by atoms with Gasteiger partial charge in [-0.3, -0.25) is 33.8 Å². The maximum absolute atomic E-state index is 13.0. The molecule has 2 aromatic rings. The Morgan fingerprint density at radius 3 is 1.72 bits per heavy atom. The summed E-state index contributed by atoms with van der Waals surface area (Å²) in [4.78, 5) is 64.7. The molecular formula is C24H22N2O6. The van der Waals surface area contributed by atoms with E-state index in [1.807, 2.05) is 0 Å². The number of nitrogens with zero attached hydrogens (tertiary/aromatic N) is 2. The van der Waals surface area contributed by atoms with Gasteiger partial charge in [-0.2, -0.15) is 0 Å². The van der Waals surface area contributed by atoms with Crippen LogP contribution in [0.5, 0.6) is 0 Å². The summed E-state index contributed by atoms with van der Waals surface area (Å²) in [5.74, 6) is -1.97. The second-order valence-electron chi connectivity index (χ2n) is 7.76. The van der Waals surface area contributed by atoms with Gasteiger partial charge in [-0.15, -0.1) is 0 Å². The molecule has 2 aliphatic rings. The van der Waals surface area contributed by atoms with E-state index in [-0.39, 0.29) is 31.4 Å². The van der Waals surface area contributed by atoms with E-state index in [0.717, 1.165) is 4.90 Å². The summed E-state index contributed by atoms with van der Waals surface area (Å²) < 4.78 is 4.98. The van der Waals surface area contributed by atoms with Crippen molar-refractivity contribution >= 4 is 29.6 Å². The van der Waals surface area contributed by atoms with Gasteiger partial charge >= 0.3 is 5.97 Å². The van der Waals surface area contributed by atoms with E-state index in [9.17, 15) is 24.0 Å². The van der Waals surface area contributed by atoms with Crippen LogP contribution >= 0.6 is 0 Å². The first-order chi connectivity index (χ1) is 15.4. The van der Waals surface area contributed by atoms with E-state index >= 15 is 0 Å². The van der Waals surface area contributed by atoms with Gasteiger partial charge in [-0.05, 0) is 43.5 Å². The SMILES string of the molecule is CC(=O)OCCCC(CCN1C(=O)c2ccccc2C1=O)N1C(=O)c2ccccc2C1=O. The van der Waals surface area contributed by atoms with Gasteiger partial charge in [0.2, 0.25) is 0 Å². The zero-order valence-electron chi connectivity index (χ0n) is 17.6. The molecular weight excluding hydrogens is 412 g/mol. The monoisotopic (exact) mass is 434 g/mol. The van der Waals surface area contributed by atoms with Gasteiger partial charge in [0.1, 0.15) is 0 Å². The maximum Gasteiger partial charge on any atom is 0.302 e. The van der Waals surface area contributed by atoms with Crippen molar-refractivity contribution in [3.05, 3.63) is 70.8 Å². The molecule has 2 heterocycles. The van der Waals surface area contributed by atoms with E-state index in [1.165, 1.54) is 11.8 Å². The van der Waals surface area contributed by atoms with Gasteiger partial charge in [-0.1, -0.05) is 24.3 Å². The highest BCUT2D eigenvalue weighted by Gasteiger charge is 2.41. The van der Waals surface area contributed by atoms with Crippen LogP contribution in [0.3, 0.4) is 0 Å². The smallest absolute Gasteiger partial charge is 0.302 e. The molecule has 0 bridgehead atoms. The van der Waals surface area contributed by atoms with Crippen LogP contribution in [0.4, 0.5) is 0 Å². The van der Waals surface area contributed by atoms with Gasteiger partial charge in [0.15, 0.2) is 0 Å². The van der Waals surface area contributed by atoms with Crippen LogP contribution in [0.25, 0.3) is 0 Å². The topological polar surface area (TPSA) is 101 Å². The summed E-state index contributed by atoms with van der Waals surface area (Å²) in [5.41, 5.74) is 1.38. The summed E-state index contributed by atoms with van der Waals surface area (Å²) in [5, 5.41) is 0. The number of fused-ring (bicyclic) bond motifs is 2. The van der Waals surface area contributed by atoms with Crippen LogP contribution < -0.4 is 0 Å². The first kappa shape index (κ1) is 21.4. The van der Waals surface area contributed by atoms with Crippen molar-refractivity contribution in [2.24, 2.45) is 0 Å². The highest BCUT2D eigenvalue weighted by molar-refractivity contribution is 6.22. The highest BCUT2D eigenvalue weighted by atomic mass is 16.5. The van der Waals surface area contributed by atoms with Crippen LogP contribution in [0.1, 0.15) is 67.6 Å². The molecule has 1 atom stereocenters. The molecule has 0 spiro atoms. The average Bonchev–Trinajstić information content (AvgIpc) is 3.19. The predicted octanol–water partition coefficient (Wildman–Crippen LogP) is 2.68. The minimum atomic E-state index is -0.553. The second-order valence-corrected chi connectivity index (χ2v) is 7.76. The third-order valence-corrected chi connectivity index (χ3v) is 5.74. The minimum Gasteiger partial charge on any atom is -0.466 e. The van der Waals surface area contributed by atoms with Gasteiger partial charge < -0.3 is 4.74 Å². The molecule has 0 radical (unpaired) electrons. The lowest BCUT2D eigenvalue weighted by atomic mass is 10.1. The van der Waals surface area contributed by atoms with Crippen molar-refractivity contribution in [3.63, 3.8) is 0 Å². The van der Waals surface area contributed by atoms with E-state index in [0.29, 0.717) is 35.1 Å². The van der Waals surface area contributed by atoms with Crippen molar-refractivity contribution < 1.29 is 28.7 Å². The van der Waals surface area contributed by atoms with E-state index in [1.54, 1.807) is 48.5 Å². The Labute approximate surface area is 184 Å². The lowest BCUT2D eigenvalue weighted by Gasteiger charge is -2.28. The Morgan fingerprint density at radius 1 is 0.781 bits per heavy atom. The summed E-state index contributed by atoms with van der Waals surface area (Å²) in [7, 11) is 0. The van der Waals surface area contributed by atoms with Crippen LogP contribution in [0.15, 0.2) is 48.5 Å². The lowest BCUT2D eigenvalue weighted by Crippen LogP contribution is -2.43. The molecule has 164 valence electrons. The number of esters is 1. The number of amides is 4. The fourth-order valence-electron chi connectivity index (χ4n) is 4.20. The number of carbonyl (C=O) groups excluding carboxylic acids is 5. The van der Waals surface area contributed by atoms with Crippen molar-refractivity contribution in [2.75, 3.05) is 13.2 Å². The molecule has 1 unspecified atom stereocenters. The van der Waals surface area contributed by atoms with Crippen molar-refractivity contribution in [1.29, 1.82) is 0 Å². The standard InChI is InChI=1S/C24H22N2O6/c1-15(27)32-14-6-7-16(26-23(30)19-10-4-5-11-20(19)24(26)31)12-13-25-21(28)17-8-2-3-9-18(17)22(25)29/h2-5,8-11,16H,6-7,12-14H2,1H3. The molecule has 2 aromatic carbocycles. The van der Waals surface area contributed by atoms with Crippen LogP contribution in [0, 0.1) is 0 Å². The molecule has 0 saturated heterocycles. The van der Waals surface area contributed by atoms with Gasteiger partial charge in [0, 0.05) is 19.5 Å². The van der Waals surface area contributed by atoms with E-state index in [4.69, 9.17) is 4.74 Å². The number of benzene rings is 2. The fourth-order valence-corrected chi connectivity index (χ4v) is 4.20. The first-order valence-corrected chi connectivity index (χ1v) is 10.5. The summed E-state index contributed by atoms with van der Waals surface area (Å²) >= 11 is 0. The molecule has 8 nitrogen and oxygen atoms in total. The number of carbonyl (C=O) groups is 5. The summed E-state index contributed by atoms with van der Waals surface area (Å²) in [6.07, 6.45) is 1.04. The lowest BCUT2D eigenvalue weighted by molar-refractivity contribution is -0.141. The maximum atomic E-state index is 13.0. The molecule has 32 heavy (non-hydrogen) atoms. The third kappa shape index (κ3) is 3.79. The molecule has 4 amide bonds. The van der Waals surface area contributed by atoms with Crippen LogP contribution in [0.2, 0.25) is 0 Å². The molecule has 4 rings (SSSR count). The molecule has 0 aromatic heterocycles. The predicted molar refractivity (Wildman–Crippen MR) is 113 cm³/mol. The van der Waals surface area contributed by atoms with Crippen molar-refractivity contribution in [1.82, 2.24) is 9.80 Å². The number of hydrogen-bond acceptors (Lipinski definition) is 6. The molecule has 0 fully saturated rings. The zero-order valence-corrected chi connectivity index (χ0v) is 17.6. The van der Waals surface area contributed by atoms with Gasteiger partial charge in [0.25, 0.3) is 23.6 Å². The summed E-state index contributed by atoms with van der Waals surface area (Å²) in [6.45, 7) is 1.53. The largest absolute Gasteiger partial charge is 0.466 e. The molecule has 0 saturated carbocycles. The molecule has 0 N–H and O–H groups in total. The Bertz CT molecular complexity index is 1050. The molecule has 0 aliphatic carbocycles. The first-order valence-electron chi connectivity index (χ1n) is 10.5. The zero-order chi connectivity index (χ0) is 22.8. The molecule has 2 aliphatic heterocycles. The normalized spacial score (nSPS) is 15.8. The fraction of sp³-hybridized carbons (Fsp3) is 0.292. The number of ether oxygens (including phenoxy) is 1. The average molecular weight is 434 g/mol. The van der Waals surface area contributed by atoms with E-state index in [2.05, 4.69) is 0 Å². The van der Waals surface area contributed by atoms with Gasteiger partial charge in [-0.25, -0.2) is 0 Å². The minimum absolute atomic E-state index is 0.0674. The van der Waals surface area contributed by atoms with Crippen molar-refractivity contribution in [3.8, 4) is 0 Å². The van der Waals surface area contributed by atoms with Gasteiger partial charge in [0.05, 0.1) is 28.9 Å². The quantitative estimate of drug-likeness (QED) is 0.360. The second kappa shape index (κ2) is 8.74. The number of imide groups is 2. The van der Waals surface area contributed by atoms with E-state index < -0.39 is 23.8 Å². The molecule has 8 heteroatoms. The number of rotatable bonds is 8. The number of hydrogen-bond donors (Lipinski definition) is 0. The third-order valence-electron chi connectivity index (χ3n) is 5.74. The Morgan fingerprint density at radius 2 is 1.25 bits per heavy atom. The Hall–Kier alpha value is -3.81. The van der Waals surface area contributed by atoms with Crippen molar-refractivity contribution in [2.45, 2.75) is 32.2 Å². The van der Waals surface area contributed by atoms with Crippen LogP contribution in [-0.2, 0) is 9.53 Å². The summed E-state index contributed by atoms with van der Waals surface area (Å²) in [6, 6.07) is 12.7.